The van der Waals surface area contributed by atoms with Gasteiger partial charge in [-0.3, -0.25) is 4.98 Å². The normalized spacial score (nSPS) is 19.7. The predicted octanol–water partition coefficient (Wildman–Crippen LogP) is 3.70. The van der Waals surface area contributed by atoms with E-state index < -0.39 is 0 Å². The third-order valence-electron chi connectivity index (χ3n) is 4.56. The topological polar surface area (TPSA) is 46.2 Å². The molecule has 2 atom stereocenters. The second-order valence-electron chi connectivity index (χ2n) is 6.15. The van der Waals surface area contributed by atoms with Gasteiger partial charge in [-0.25, -0.2) is 0 Å². The molecular weight excluding hydrogens is 330 g/mol. The number of pyridine rings is 1. The fraction of sp³-hybridized carbons (Fsp3) is 0.200. The van der Waals surface area contributed by atoms with Crippen LogP contribution in [-0.2, 0) is 4.74 Å². The summed E-state index contributed by atoms with van der Waals surface area (Å²) in [6, 6.07) is 18.4. The molecular formula is C20H19N3OS. The van der Waals surface area contributed by atoms with Crippen LogP contribution < -0.4 is 10.6 Å². The molecule has 0 unspecified atom stereocenters. The number of hydrogen-bond donors (Lipinski definition) is 2. The molecule has 4 rings (SSSR count). The summed E-state index contributed by atoms with van der Waals surface area (Å²) in [6.45, 7) is 1.69. The van der Waals surface area contributed by atoms with Crippen LogP contribution in [0.2, 0.25) is 0 Å². The van der Waals surface area contributed by atoms with E-state index in [4.69, 9.17) is 17.0 Å². The monoisotopic (exact) mass is 349 g/mol. The minimum atomic E-state index is 0.0269. The molecule has 5 heteroatoms. The molecule has 3 aromatic rings. The lowest BCUT2D eigenvalue weighted by molar-refractivity contribution is 0.196. The number of rotatable bonds is 3. The maximum absolute atomic E-state index is 6.07. The molecule has 1 fully saturated rings. The summed E-state index contributed by atoms with van der Waals surface area (Å²) in [4.78, 5) is 4.16. The lowest BCUT2D eigenvalue weighted by Crippen LogP contribution is -2.27. The Kier molecular flexibility index (Phi) is 4.59. The summed E-state index contributed by atoms with van der Waals surface area (Å²) in [6.07, 6.45) is 3.65. The van der Waals surface area contributed by atoms with Gasteiger partial charge in [0.15, 0.2) is 0 Å². The van der Waals surface area contributed by atoms with E-state index in [0.29, 0.717) is 11.1 Å². The Morgan fingerprint density at radius 3 is 2.84 bits per heavy atom. The number of nitrogens with zero attached hydrogens (tertiary/aromatic N) is 1. The number of benzene rings is 2. The number of thiocarbonyl (C=S) groups is 1. The lowest BCUT2D eigenvalue weighted by atomic mass is 9.96. The largest absolute Gasteiger partial charge is 0.465 e. The van der Waals surface area contributed by atoms with E-state index in [1.807, 2.05) is 36.5 Å². The van der Waals surface area contributed by atoms with Gasteiger partial charge in [0.2, 0.25) is 0 Å². The summed E-state index contributed by atoms with van der Waals surface area (Å²) in [5.41, 5.74) is 2.21. The van der Waals surface area contributed by atoms with E-state index >= 15 is 0 Å². The SMILES string of the molecule is S=C(Nc1cccc2cnccc12)O[C@@H]1CNC[C@@H]1c1ccccc1. The quantitative estimate of drug-likeness (QED) is 0.706. The third kappa shape index (κ3) is 3.48. The van der Waals surface area contributed by atoms with Crippen LogP contribution in [0.1, 0.15) is 11.5 Å². The van der Waals surface area contributed by atoms with Crippen LogP contribution in [0.25, 0.3) is 10.8 Å². The molecule has 0 bridgehead atoms. The van der Waals surface area contributed by atoms with Gasteiger partial charge >= 0.3 is 0 Å². The van der Waals surface area contributed by atoms with Gasteiger partial charge < -0.3 is 15.4 Å². The van der Waals surface area contributed by atoms with Gasteiger partial charge in [0.25, 0.3) is 5.17 Å². The molecule has 4 nitrogen and oxygen atoms in total. The minimum Gasteiger partial charge on any atom is -0.465 e. The Bertz CT molecular complexity index is 879. The standard InChI is InChI=1S/C20H19N3OS/c25-20(23-18-8-4-7-15-11-21-10-9-16(15)18)24-19-13-22-12-17(19)14-5-2-1-3-6-14/h1-11,17,19,22H,12-13H2,(H,23,25)/t17-,19-/m1/s1. The molecule has 1 aliphatic heterocycles. The number of hydrogen-bond acceptors (Lipinski definition) is 4. The van der Waals surface area contributed by atoms with E-state index in [-0.39, 0.29) is 6.10 Å². The molecule has 0 amide bonds. The highest BCUT2D eigenvalue weighted by molar-refractivity contribution is 7.80. The summed E-state index contributed by atoms with van der Waals surface area (Å²) >= 11 is 5.46. The van der Waals surface area contributed by atoms with Crippen LogP contribution in [0.5, 0.6) is 0 Å². The first kappa shape index (κ1) is 16.0. The Labute approximate surface area is 152 Å². The van der Waals surface area contributed by atoms with E-state index in [1.165, 1.54) is 5.56 Å². The van der Waals surface area contributed by atoms with Crippen LogP contribution in [0.4, 0.5) is 5.69 Å². The highest BCUT2D eigenvalue weighted by Crippen LogP contribution is 2.26. The molecule has 0 aliphatic carbocycles. The number of fused-ring (bicyclic) bond motifs is 1. The number of ether oxygens (including phenoxy) is 1. The first-order valence-electron chi connectivity index (χ1n) is 8.37. The molecule has 0 saturated carbocycles. The maximum atomic E-state index is 6.07. The van der Waals surface area contributed by atoms with Crippen molar-refractivity contribution >= 4 is 33.9 Å². The number of aromatic nitrogens is 1. The van der Waals surface area contributed by atoms with Crippen molar-refractivity contribution in [1.29, 1.82) is 0 Å². The number of nitrogens with one attached hydrogen (secondary N) is 2. The van der Waals surface area contributed by atoms with E-state index in [1.54, 1.807) is 6.20 Å². The number of anilines is 1. The molecule has 0 radical (unpaired) electrons. The van der Waals surface area contributed by atoms with Crippen molar-refractivity contribution in [2.45, 2.75) is 12.0 Å². The Morgan fingerprint density at radius 2 is 1.96 bits per heavy atom. The summed E-state index contributed by atoms with van der Waals surface area (Å²) < 4.78 is 6.07. The zero-order chi connectivity index (χ0) is 17.1. The molecule has 2 heterocycles. The van der Waals surface area contributed by atoms with Crippen molar-refractivity contribution in [2.75, 3.05) is 18.4 Å². The van der Waals surface area contributed by atoms with Gasteiger partial charge in [0.1, 0.15) is 6.10 Å². The van der Waals surface area contributed by atoms with Crippen LogP contribution in [0, 0.1) is 0 Å². The lowest BCUT2D eigenvalue weighted by Gasteiger charge is -2.21. The average molecular weight is 349 g/mol. The first-order valence-corrected chi connectivity index (χ1v) is 8.78. The molecule has 25 heavy (non-hydrogen) atoms. The highest BCUT2D eigenvalue weighted by Gasteiger charge is 2.30. The average Bonchev–Trinajstić information content (AvgIpc) is 3.11. The van der Waals surface area contributed by atoms with Gasteiger partial charge in [-0.1, -0.05) is 42.5 Å². The Balaban J connectivity index is 1.48. The van der Waals surface area contributed by atoms with Gasteiger partial charge in [-0.15, -0.1) is 0 Å². The van der Waals surface area contributed by atoms with Crippen LogP contribution >= 0.6 is 12.2 Å². The van der Waals surface area contributed by atoms with Crippen LogP contribution in [-0.4, -0.2) is 29.4 Å². The van der Waals surface area contributed by atoms with Gasteiger partial charge in [0, 0.05) is 47.9 Å². The highest BCUT2D eigenvalue weighted by atomic mass is 32.1. The molecule has 1 saturated heterocycles. The molecule has 2 N–H and O–H groups in total. The third-order valence-corrected chi connectivity index (χ3v) is 4.76. The Hall–Kier alpha value is -2.50. The van der Waals surface area contributed by atoms with Crippen molar-refractivity contribution in [3.8, 4) is 0 Å². The Morgan fingerprint density at radius 1 is 1.08 bits per heavy atom. The van der Waals surface area contributed by atoms with Gasteiger partial charge in [0.05, 0.1) is 0 Å². The van der Waals surface area contributed by atoms with Gasteiger partial charge in [-0.2, -0.15) is 0 Å². The first-order chi connectivity index (χ1) is 12.3. The fourth-order valence-electron chi connectivity index (χ4n) is 3.32. The van der Waals surface area contributed by atoms with Gasteiger partial charge in [-0.05, 0) is 29.9 Å². The van der Waals surface area contributed by atoms with Crippen molar-refractivity contribution in [2.24, 2.45) is 0 Å². The molecule has 0 spiro atoms. The minimum absolute atomic E-state index is 0.0269. The van der Waals surface area contributed by atoms with Crippen molar-refractivity contribution in [3.63, 3.8) is 0 Å². The molecule has 2 aromatic carbocycles. The zero-order valence-electron chi connectivity index (χ0n) is 13.7. The smallest absolute Gasteiger partial charge is 0.261 e. The summed E-state index contributed by atoms with van der Waals surface area (Å²) in [5.74, 6) is 0.303. The van der Waals surface area contributed by atoms with Crippen LogP contribution in [0.3, 0.4) is 0 Å². The van der Waals surface area contributed by atoms with Crippen molar-refractivity contribution in [3.05, 3.63) is 72.6 Å². The molecule has 126 valence electrons. The van der Waals surface area contributed by atoms with E-state index in [0.717, 1.165) is 29.5 Å². The van der Waals surface area contributed by atoms with Crippen molar-refractivity contribution < 1.29 is 4.74 Å². The van der Waals surface area contributed by atoms with E-state index in [9.17, 15) is 0 Å². The maximum Gasteiger partial charge on any atom is 0.261 e. The van der Waals surface area contributed by atoms with Crippen LogP contribution in [0.15, 0.2) is 67.0 Å². The predicted molar refractivity (Wildman–Crippen MR) is 105 cm³/mol. The summed E-state index contributed by atoms with van der Waals surface area (Å²) in [5, 5.41) is 9.18. The second kappa shape index (κ2) is 7.17. The molecule has 1 aromatic heterocycles. The van der Waals surface area contributed by atoms with Crippen molar-refractivity contribution in [1.82, 2.24) is 10.3 Å². The zero-order valence-corrected chi connectivity index (χ0v) is 14.5. The summed E-state index contributed by atoms with van der Waals surface area (Å²) in [7, 11) is 0. The molecule has 1 aliphatic rings. The fourth-order valence-corrected chi connectivity index (χ4v) is 3.55. The second-order valence-corrected chi connectivity index (χ2v) is 6.52. The van der Waals surface area contributed by atoms with E-state index in [2.05, 4.69) is 39.9 Å².